The van der Waals surface area contributed by atoms with Gasteiger partial charge in [-0.15, -0.1) is 0 Å². The Kier molecular flexibility index (Phi) is 6.58. The zero-order valence-electron chi connectivity index (χ0n) is 17.2. The van der Waals surface area contributed by atoms with E-state index in [1.807, 2.05) is 6.07 Å². The number of hydrogen-bond donors (Lipinski definition) is 2. The van der Waals surface area contributed by atoms with Crippen LogP contribution in [0.25, 0.3) is 0 Å². The molecule has 27 heavy (non-hydrogen) atoms. The van der Waals surface area contributed by atoms with Crippen LogP contribution in [0.4, 0.5) is 9.18 Å². The fraction of sp³-hybridized carbons (Fsp3) is 0.650. The molecule has 7 heteroatoms. The Morgan fingerprint density at radius 2 is 2.04 bits per heavy atom. The van der Waals surface area contributed by atoms with Crippen LogP contribution in [0.1, 0.15) is 38.8 Å². The number of benzene rings is 1. The van der Waals surface area contributed by atoms with Crippen molar-refractivity contribution < 1.29 is 23.5 Å². The first kappa shape index (κ1) is 21.7. The third-order valence-corrected chi connectivity index (χ3v) is 10.1. The number of rotatable bonds is 7. The first-order valence-electron chi connectivity index (χ1n) is 9.46. The van der Waals surface area contributed by atoms with Crippen molar-refractivity contribution in [2.45, 2.75) is 64.7 Å². The Morgan fingerprint density at radius 3 is 2.63 bits per heavy atom. The van der Waals surface area contributed by atoms with E-state index in [0.717, 1.165) is 17.5 Å². The zero-order chi connectivity index (χ0) is 20.4. The predicted octanol–water partition coefficient (Wildman–Crippen LogP) is 4.60. The van der Waals surface area contributed by atoms with Crippen LogP contribution in [0.5, 0.6) is 5.75 Å². The minimum absolute atomic E-state index is 0.155. The van der Waals surface area contributed by atoms with Crippen molar-refractivity contribution in [3.8, 4) is 5.75 Å². The largest absolute Gasteiger partial charge is 0.491 e. The van der Waals surface area contributed by atoms with E-state index in [1.165, 1.54) is 6.07 Å². The smallest absolute Gasteiger partial charge is 0.404 e. The van der Waals surface area contributed by atoms with Gasteiger partial charge in [0.2, 0.25) is 0 Å². The van der Waals surface area contributed by atoms with Gasteiger partial charge in [-0.25, -0.2) is 9.18 Å². The summed E-state index contributed by atoms with van der Waals surface area (Å²) in [6, 6.07) is 2.89. The summed E-state index contributed by atoms with van der Waals surface area (Å²) in [5, 5.41) is 11.2. The van der Waals surface area contributed by atoms with Crippen LogP contribution in [0.2, 0.25) is 18.1 Å². The van der Waals surface area contributed by atoms with Crippen molar-refractivity contribution in [2.24, 2.45) is 5.92 Å². The molecule has 0 fully saturated rings. The van der Waals surface area contributed by atoms with E-state index in [-0.39, 0.29) is 29.4 Å². The van der Waals surface area contributed by atoms with Crippen LogP contribution < -0.4 is 10.1 Å². The number of fused-ring (bicyclic) bond motifs is 1. The van der Waals surface area contributed by atoms with Crippen LogP contribution in [0, 0.1) is 11.7 Å². The highest BCUT2D eigenvalue weighted by molar-refractivity contribution is 6.74. The topological polar surface area (TPSA) is 67.8 Å². The summed E-state index contributed by atoms with van der Waals surface area (Å²) in [7, 11) is -1.81. The van der Waals surface area contributed by atoms with Gasteiger partial charge in [-0.3, -0.25) is 0 Å². The fourth-order valence-corrected chi connectivity index (χ4v) is 4.05. The molecule has 152 valence electrons. The maximum absolute atomic E-state index is 14.5. The molecule has 0 saturated carbocycles. The highest BCUT2D eigenvalue weighted by Gasteiger charge is 2.38. The number of carboxylic acid groups (broad SMARTS) is 1. The Hall–Kier alpha value is -1.60. The molecule has 0 spiro atoms. The number of nitrogens with one attached hydrogen (secondary N) is 1. The third kappa shape index (κ3) is 5.69. The summed E-state index contributed by atoms with van der Waals surface area (Å²) in [6.07, 6.45) is 0.365. The van der Waals surface area contributed by atoms with Crippen molar-refractivity contribution in [2.75, 3.05) is 13.2 Å². The molecule has 2 N–H and O–H groups in total. The SMILES string of the molecule is C[C@@H](COc1cc(F)c2c(c1)CC(CO[Si](C)(C)C(C)(C)C)C2)NC(=O)O. The van der Waals surface area contributed by atoms with Gasteiger partial charge in [0, 0.05) is 12.7 Å². The normalized spacial score (nSPS) is 18.1. The summed E-state index contributed by atoms with van der Waals surface area (Å²) in [5.41, 5.74) is 1.72. The Labute approximate surface area is 162 Å². The summed E-state index contributed by atoms with van der Waals surface area (Å²) < 4.78 is 26.4. The van der Waals surface area contributed by atoms with Crippen LogP contribution in [-0.2, 0) is 17.3 Å². The Morgan fingerprint density at radius 1 is 1.37 bits per heavy atom. The summed E-state index contributed by atoms with van der Waals surface area (Å²) in [5.74, 6) is 0.471. The second-order valence-electron chi connectivity index (χ2n) is 9.05. The van der Waals surface area contributed by atoms with E-state index in [9.17, 15) is 9.18 Å². The van der Waals surface area contributed by atoms with Gasteiger partial charge in [-0.2, -0.15) is 0 Å². The standard InChI is InChI=1S/C20H32FNO4Si/c1-13(22-19(23)24)11-25-16-9-15-7-14(8-17(15)18(21)10-16)12-26-27(5,6)20(2,3)4/h9-10,13-14,22H,7-8,11-12H2,1-6H3,(H,23,24)/t13-,14?/m0/s1. The lowest BCUT2D eigenvalue weighted by atomic mass is 10.1. The summed E-state index contributed by atoms with van der Waals surface area (Å²) in [6.45, 7) is 13.6. The van der Waals surface area contributed by atoms with Crippen molar-refractivity contribution >= 4 is 14.4 Å². The first-order chi connectivity index (χ1) is 12.4. The van der Waals surface area contributed by atoms with Gasteiger partial charge < -0.3 is 19.6 Å². The lowest BCUT2D eigenvalue weighted by Gasteiger charge is -2.37. The molecule has 1 aromatic carbocycles. The zero-order valence-corrected chi connectivity index (χ0v) is 18.2. The van der Waals surface area contributed by atoms with E-state index in [4.69, 9.17) is 14.3 Å². The number of halogens is 1. The van der Waals surface area contributed by atoms with Crippen LogP contribution in [0.15, 0.2) is 12.1 Å². The van der Waals surface area contributed by atoms with E-state index >= 15 is 0 Å². The third-order valence-electron chi connectivity index (χ3n) is 5.62. The van der Waals surface area contributed by atoms with E-state index in [0.29, 0.717) is 18.8 Å². The Bertz CT molecular complexity index is 687. The monoisotopic (exact) mass is 397 g/mol. The molecule has 0 heterocycles. The fourth-order valence-electron chi connectivity index (χ4n) is 2.97. The van der Waals surface area contributed by atoms with Gasteiger partial charge in [-0.05, 0) is 61.0 Å². The molecule has 1 aliphatic rings. The van der Waals surface area contributed by atoms with Crippen LogP contribution in [-0.4, -0.2) is 38.8 Å². The van der Waals surface area contributed by atoms with Gasteiger partial charge in [0.25, 0.3) is 0 Å². The van der Waals surface area contributed by atoms with Crippen molar-refractivity contribution in [3.05, 3.63) is 29.1 Å². The van der Waals surface area contributed by atoms with E-state index < -0.39 is 14.4 Å². The van der Waals surface area contributed by atoms with E-state index in [2.05, 4.69) is 39.2 Å². The molecule has 0 radical (unpaired) electrons. The highest BCUT2D eigenvalue weighted by Crippen LogP contribution is 2.38. The minimum Gasteiger partial charge on any atom is -0.491 e. The van der Waals surface area contributed by atoms with E-state index in [1.54, 1.807) is 6.92 Å². The molecule has 0 saturated heterocycles. The quantitative estimate of drug-likeness (QED) is 0.660. The number of ether oxygens (including phenoxy) is 1. The van der Waals surface area contributed by atoms with Gasteiger partial charge in [-0.1, -0.05) is 20.8 Å². The average Bonchev–Trinajstić information content (AvgIpc) is 2.93. The number of amides is 1. The van der Waals surface area contributed by atoms with Gasteiger partial charge >= 0.3 is 6.09 Å². The molecule has 1 aromatic rings. The van der Waals surface area contributed by atoms with Crippen molar-refractivity contribution in [1.82, 2.24) is 5.32 Å². The number of hydrogen-bond acceptors (Lipinski definition) is 3. The highest BCUT2D eigenvalue weighted by atomic mass is 28.4. The van der Waals surface area contributed by atoms with Gasteiger partial charge in [0.15, 0.2) is 8.32 Å². The van der Waals surface area contributed by atoms with Gasteiger partial charge in [0.1, 0.15) is 18.2 Å². The average molecular weight is 398 g/mol. The summed E-state index contributed by atoms with van der Waals surface area (Å²) >= 11 is 0. The molecule has 5 nitrogen and oxygen atoms in total. The minimum atomic E-state index is -1.81. The lowest BCUT2D eigenvalue weighted by Crippen LogP contribution is -2.42. The first-order valence-corrected chi connectivity index (χ1v) is 12.4. The van der Waals surface area contributed by atoms with Crippen LogP contribution in [0.3, 0.4) is 0 Å². The predicted molar refractivity (Wildman–Crippen MR) is 107 cm³/mol. The molecular weight excluding hydrogens is 365 g/mol. The van der Waals surface area contributed by atoms with Gasteiger partial charge in [0.05, 0.1) is 6.04 Å². The molecule has 1 amide bonds. The molecule has 1 unspecified atom stereocenters. The van der Waals surface area contributed by atoms with Crippen LogP contribution >= 0.6 is 0 Å². The molecule has 2 atom stereocenters. The number of carbonyl (C=O) groups is 1. The second kappa shape index (κ2) is 8.18. The molecule has 0 aromatic heterocycles. The molecule has 2 rings (SSSR count). The maximum atomic E-state index is 14.5. The lowest BCUT2D eigenvalue weighted by molar-refractivity contribution is 0.183. The molecule has 0 bridgehead atoms. The molecule has 1 aliphatic carbocycles. The maximum Gasteiger partial charge on any atom is 0.404 e. The summed E-state index contributed by atoms with van der Waals surface area (Å²) in [4.78, 5) is 10.6. The molecule has 0 aliphatic heterocycles. The second-order valence-corrected chi connectivity index (χ2v) is 13.9. The molecular formula is C20H32FNO4Si. The Balaban J connectivity index is 1.96. The van der Waals surface area contributed by atoms with Crippen molar-refractivity contribution in [1.29, 1.82) is 0 Å². The van der Waals surface area contributed by atoms with Crippen molar-refractivity contribution in [3.63, 3.8) is 0 Å².